The van der Waals surface area contributed by atoms with E-state index >= 15 is 4.39 Å². The molecule has 1 aromatic carbocycles. The van der Waals surface area contributed by atoms with Gasteiger partial charge in [-0.15, -0.1) is 0 Å². The van der Waals surface area contributed by atoms with E-state index in [-0.39, 0.29) is 12.4 Å². The van der Waals surface area contributed by atoms with Gasteiger partial charge in [-0.1, -0.05) is 18.2 Å². The minimum absolute atomic E-state index is 0.0606. The van der Waals surface area contributed by atoms with Gasteiger partial charge in [-0.2, -0.15) is 4.98 Å². The summed E-state index contributed by atoms with van der Waals surface area (Å²) in [5.74, 6) is -0.345. The Morgan fingerprint density at radius 3 is 2.64 bits per heavy atom. The highest BCUT2D eigenvalue weighted by atomic mass is 19.1. The average molecular weight is 391 g/mol. The van der Waals surface area contributed by atoms with Gasteiger partial charge in [-0.05, 0) is 25.1 Å². The number of carbonyl (C=O) groups excluding carboxylic acids is 1. The van der Waals surface area contributed by atoms with Gasteiger partial charge in [-0.3, -0.25) is 9.36 Å². The van der Waals surface area contributed by atoms with Crippen LogP contribution >= 0.6 is 0 Å². The molecular weight excluding hydrogens is 369 g/mol. The van der Waals surface area contributed by atoms with Gasteiger partial charge in [0.25, 0.3) is 5.91 Å². The second-order valence-electron chi connectivity index (χ2n) is 6.61. The van der Waals surface area contributed by atoms with Crippen molar-refractivity contribution in [2.24, 2.45) is 0 Å². The predicted octanol–water partition coefficient (Wildman–Crippen LogP) is 1.78. The summed E-state index contributed by atoms with van der Waals surface area (Å²) >= 11 is 0. The molecule has 28 heavy (non-hydrogen) atoms. The fourth-order valence-corrected chi connectivity index (χ4v) is 3.32. The zero-order valence-corrected chi connectivity index (χ0v) is 15.8. The number of hydrogen-bond donors (Lipinski definition) is 1. The van der Waals surface area contributed by atoms with Gasteiger partial charge in [0.1, 0.15) is 18.0 Å². The van der Waals surface area contributed by atoms with E-state index in [1.165, 1.54) is 33.4 Å². The van der Waals surface area contributed by atoms with Gasteiger partial charge in [0, 0.05) is 26.0 Å². The number of aromatic nitrogens is 2. The summed E-state index contributed by atoms with van der Waals surface area (Å²) in [6, 6.07) is 9.92. The molecule has 0 aliphatic carbocycles. The van der Waals surface area contributed by atoms with Crippen LogP contribution in [-0.2, 0) is 14.2 Å². The van der Waals surface area contributed by atoms with Crippen molar-refractivity contribution >= 4 is 11.7 Å². The van der Waals surface area contributed by atoms with E-state index in [4.69, 9.17) is 14.2 Å². The Bertz CT molecular complexity index is 887. The second-order valence-corrected chi connectivity index (χ2v) is 6.61. The molecule has 9 heteroatoms. The normalized spacial score (nSPS) is 26.9. The summed E-state index contributed by atoms with van der Waals surface area (Å²) < 4.78 is 32.4. The molecule has 150 valence electrons. The van der Waals surface area contributed by atoms with Crippen molar-refractivity contribution in [3.63, 3.8) is 0 Å². The van der Waals surface area contributed by atoms with Crippen molar-refractivity contribution < 1.29 is 23.4 Å². The highest BCUT2D eigenvalue weighted by molar-refractivity contribution is 6.03. The molecule has 1 aromatic heterocycles. The van der Waals surface area contributed by atoms with Gasteiger partial charge >= 0.3 is 5.69 Å². The van der Waals surface area contributed by atoms with Crippen LogP contribution in [0.3, 0.4) is 0 Å². The van der Waals surface area contributed by atoms with E-state index < -0.39 is 35.7 Å². The van der Waals surface area contributed by atoms with Crippen LogP contribution in [0.2, 0.25) is 0 Å². The van der Waals surface area contributed by atoms with Crippen LogP contribution in [0, 0.1) is 0 Å². The van der Waals surface area contributed by atoms with E-state index in [1.54, 1.807) is 30.3 Å². The Labute approximate surface area is 161 Å². The molecule has 1 unspecified atom stereocenters. The molecule has 0 saturated carbocycles. The molecule has 1 aliphatic rings. The van der Waals surface area contributed by atoms with Crippen molar-refractivity contribution in [2.75, 3.05) is 26.1 Å². The highest BCUT2D eigenvalue weighted by Crippen LogP contribution is 2.42. The molecular formula is C19H22FN3O5. The first-order valence-corrected chi connectivity index (χ1v) is 8.70. The first kappa shape index (κ1) is 20.1. The topological polar surface area (TPSA) is 91.7 Å². The number of benzene rings is 1. The minimum atomic E-state index is -1.99. The minimum Gasteiger partial charge on any atom is -0.382 e. The van der Waals surface area contributed by atoms with Gasteiger partial charge in [0.15, 0.2) is 11.9 Å². The van der Waals surface area contributed by atoms with Gasteiger partial charge < -0.3 is 19.5 Å². The largest absolute Gasteiger partial charge is 0.382 e. The Balaban J connectivity index is 1.82. The molecule has 0 bridgehead atoms. The number of nitrogens with zero attached hydrogens (tertiary/aromatic N) is 2. The van der Waals surface area contributed by atoms with E-state index in [9.17, 15) is 9.59 Å². The lowest BCUT2D eigenvalue weighted by Crippen LogP contribution is -2.44. The fraction of sp³-hybridized carbons (Fsp3) is 0.421. The third-order valence-electron chi connectivity index (χ3n) is 4.63. The summed E-state index contributed by atoms with van der Waals surface area (Å²) in [6.45, 7) is 1.42. The SMILES string of the molecule is COC[C@H]1O[C@@H](n2ccc(NC(=O)c3ccccc3)nc2=O)[C@](C)(F)C1OC. The number of amides is 1. The standard InChI is InChI=1S/C19H22FN3O5/c1-19(20)15(27-3)13(11-26-2)28-17(19)23-10-9-14(22-18(23)25)21-16(24)12-7-5-4-6-8-12/h4-10,13,15,17H,11H2,1-3H3,(H,21,22,24,25)/t13-,15?,17-,19-/m1/s1. The zero-order valence-electron chi connectivity index (χ0n) is 15.8. The Morgan fingerprint density at radius 2 is 2.04 bits per heavy atom. The Hall–Kier alpha value is -2.62. The number of hydrogen-bond acceptors (Lipinski definition) is 6. The smallest absolute Gasteiger partial charge is 0.351 e. The van der Waals surface area contributed by atoms with Crippen LogP contribution in [-0.4, -0.2) is 54.2 Å². The molecule has 1 amide bonds. The molecule has 3 rings (SSSR count). The molecule has 2 aromatic rings. The quantitative estimate of drug-likeness (QED) is 0.807. The van der Waals surface area contributed by atoms with Crippen molar-refractivity contribution in [2.45, 2.75) is 31.0 Å². The lowest BCUT2D eigenvalue weighted by Gasteiger charge is -2.26. The average Bonchev–Trinajstić information content (AvgIpc) is 2.92. The van der Waals surface area contributed by atoms with Crippen LogP contribution < -0.4 is 11.0 Å². The molecule has 2 heterocycles. The molecule has 1 N–H and O–H groups in total. The summed E-state index contributed by atoms with van der Waals surface area (Å²) in [5.41, 5.74) is -2.32. The van der Waals surface area contributed by atoms with Crippen LogP contribution in [0.15, 0.2) is 47.4 Å². The third-order valence-corrected chi connectivity index (χ3v) is 4.63. The highest BCUT2D eigenvalue weighted by Gasteiger charge is 2.56. The molecule has 1 aliphatic heterocycles. The first-order chi connectivity index (χ1) is 13.4. The van der Waals surface area contributed by atoms with Crippen molar-refractivity contribution in [3.05, 3.63) is 58.6 Å². The number of methoxy groups -OCH3 is 2. The van der Waals surface area contributed by atoms with Crippen LogP contribution in [0.1, 0.15) is 23.5 Å². The van der Waals surface area contributed by atoms with E-state index in [1.807, 2.05) is 0 Å². The van der Waals surface area contributed by atoms with E-state index in [0.717, 1.165) is 4.57 Å². The summed E-state index contributed by atoms with van der Waals surface area (Å²) in [7, 11) is 2.84. The van der Waals surface area contributed by atoms with Crippen LogP contribution in [0.4, 0.5) is 10.2 Å². The maximum atomic E-state index is 15.3. The first-order valence-electron chi connectivity index (χ1n) is 8.70. The molecule has 0 radical (unpaired) electrons. The van der Waals surface area contributed by atoms with Gasteiger partial charge in [-0.25, -0.2) is 9.18 Å². The molecule has 1 saturated heterocycles. The molecule has 8 nitrogen and oxygen atoms in total. The molecule has 4 atom stereocenters. The maximum Gasteiger partial charge on any atom is 0.351 e. The van der Waals surface area contributed by atoms with Crippen molar-refractivity contribution in [1.29, 1.82) is 0 Å². The summed E-state index contributed by atoms with van der Waals surface area (Å²) in [5, 5.41) is 2.54. The van der Waals surface area contributed by atoms with Gasteiger partial charge in [0.05, 0.1) is 6.61 Å². The second kappa shape index (κ2) is 8.17. The number of anilines is 1. The monoisotopic (exact) mass is 391 g/mol. The van der Waals surface area contributed by atoms with E-state index in [0.29, 0.717) is 5.56 Å². The number of ether oxygens (including phenoxy) is 3. The Morgan fingerprint density at radius 1 is 1.32 bits per heavy atom. The predicted molar refractivity (Wildman–Crippen MR) is 99.0 cm³/mol. The fourth-order valence-electron chi connectivity index (χ4n) is 3.32. The lowest BCUT2D eigenvalue weighted by molar-refractivity contribution is -0.0666. The third kappa shape index (κ3) is 3.82. The number of alkyl halides is 1. The zero-order chi connectivity index (χ0) is 20.3. The lowest BCUT2D eigenvalue weighted by atomic mass is 9.98. The number of halogens is 1. The Kier molecular flexibility index (Phi) is 5.87. The van der Waals surface area contributed by atoms with E-state index in [2.05, 4.69) is 10.3 Å². The molecule has 1 fully saturated rings. The van der Waals surface area contributed by atoms with Crippen molar-refractivity contribution in [3.8, 4) is 0 Å². The van der Waals surface area contributed by atoms with Crippen LogP contribution in [0.5, 0.6) is 0 Å². The summed E-state index contributed by atoms with van der Waals surface area (Å²) in [6.07, 6.45) is -1.50. The van der Waals surface area contributed by atoms with Gasteiger partial charge in [0.2, 0.25) is 0 Å². The number of carbonyl (C=O) groups is 1. The number of nitrogens with one attached hydrogen (secondary N) is 1. The summed E-state index contributed by atoms with van der Waals surface area (Å²) in [4.78, 5) is 28.5. The van der Waals surface area contributed by atoms with Crippen LogP contribution in [0.25, 0.3) is 0 Å². The molecule has 0 spiro atoms. The maximum absolute atomic E-state index is 15.3. The van der Waals surface area contributed by atoms with Crippen molar-refractivity contribution in [1.82, 2.24) is 9.55 Å². The number of rotatable bonds is 6.